The fraction of sp³-hybridized carbons (Fsp3) is 0.440. The molecule has 0 N–H and O–H groups in total. The number of ether oxygens (including phenoxy) is 2. The maximum absolute atomic E-state index is 12.6. The van der Waals surface area contributed by atoms with Gasteiger partial charge >= 0.3 is 5.97 Å². The van der Waals surface area contributed by atoms with Crippen molar-refractivity contribution in [3.8, 4) is 5.75 Å². The van der Waals surface area contributed by atoms with Crippen LogP contribution in [0.5, 0.6) is 5.75 Å². The summed E-state index contributed by atoms with van der Waals surface area (Å²) in [7, 11) is 1.68. The molecule has 0 bridgehead atoms. The van der Waals surface area contributed by atoms with Crippen LogP contribution in [0.4, 0.5) is 0 Å². The third kappa shape index (κ3) is 4.90. The normalized spacial score (nSPS) is 23.3. The van der Waals surface area contributed by atoms with Gasteiger partial charge in [-0.15, -0.1) is 0 Å². The smallest absolute Gasteiger partial charge is 0.303 e. The highest BCUT2D eigenvalue weighted by molar-refractivity contribution is 5.80. The maximum atomic E-state index is 12.6. The van der Waals surface area contributed by atoms with E-state index < -0.39 is 5.97 Å². The Morgan fingerprint density at radius 1 is 1.03 bits per heavy atom. The topological polar surface area (TPSA) is 59.1 Å². The number of nitrogens with zero attached hydrogens (tertiary/aromatic N) is 2. The summed E-state index contributed by atoms with van der Waals surface area (Å²) in [6.45, 7) is 4.42. The Kier molecular flexibility index (Phi) is 6.56. The van der Waals surface area contributed by atoms with E-state index in [0.717, 1.165) is 25.3 Å². The quantitative estimate of drug-likeness (QED) is 0.670. The zero-order chi connectivity index (χ0) is 21.8. The van der Waals surface area contributed by atoms with Gasteiger partial charge in [0.2, 0.25) is 0 Å². The van der Waals surface area contributed by atoms with Gasteiger partial charge in [0, 0.05) is 51.0 Å². The van der Waals surface area contributed by atoms with Crippen LogP contribution in [-0.2, 0) is 20.9 Å². The van der Waals surface area contributed by atoms with Crippen LogP contribution in [-0.4, -0.2) is 61.1 Å². The third-order valence-corrected chi connectivity index (χ3v) is 6.56. The second-order valence-electron chi connectivity index (χ2n) is 8.43. The van der Waals surface area contributed by atoms with E-state index in [4.69, 9.17) is 9.47 Å². The van der Waals surface area contributed by atoms with Crippen molar-refractivity contribution in [2.45, 2.75) is 31.8 Å². The Bertz CT molecular complexity index is 899. The Hall–Kier alpha value is -2.86. The molecule has 6 heteroatoms. The molecule has 0 aliphatic carbocycles. The lowest BCUT2D eigenvalue weighted by atomic mass is 9.81. The van der Waals surface area contributed by atoms with Crippen LogP contribution < -0.4 is 4.74 Å². The fourth-order valence-electron chi connectivity index (χ4n) is 5.03. The van der Waals surface area contributed by atoms with Crippen molar-refractivity contribution in [3.63, 3.8) is 0 Å². The SMILES string of the molecule is COc1ccc([C@H]2CN(Cc3ccccc3)[C@@H]3CCN(C(=O)COC(C)=O)C[C@H]23)cc1. The van der Waals surface area contributed by atoms with Crippen molar-refractivity contribution < 1.29 is 19.1 Å². The molecule has 2 saturated heterocycles. The Balaban J connectivity index is 1.54. The van der Waals surface area contributed by atoms with E-state index in [2.05, 4.69) is 41.3 Å². The van der Waals surface area contributed by atoms with Gasteiger partial charge in [-0.05, 0) is 29.7 Å². The molecule has 0 saturated carbocycles. The summed E-state index contributed by atoms with van der Waals surface area (Å²) in [4.78, 5) is 28.2. The van der Waals surface area contributed by atoms with Gasteiger partial charge in [0.25, 0.3) is 5.91 Å². The molecule has 0 aromatic heterocycles. The van der Waals surface area contributed by atoms with E-state index in [9.17, 15) is 9.59 Å². The van der Waals surface area contributed by atoms with Gasteiger partial charge in [-0.1, -0.05) is 42.5 Å². The van der Waals surface area contributed by atoms with E-state index in [1.54, 1.807) is 7.11 Å². The zero-order valence-corrected chi connectivity index (χ0v) is 18.2. The lowest BCUT2D eigenvalue weighted by molar-refractivity contribution is -0.151. The molecule has 164 valence electrons. The third-order valence-electron chi connectivity index (χ3n) is 6.56. The minimum Gasteiger partial charge on any atom is -0.497 e. The van der Waals surface area contributed by atoms with Crippen LogP contribution in [0.3, 0.4) is 0 Å². The summed E-state index contributed by atoms with van der Waals surface area (Å²) < 4.78 is 10.3. The Morgan fingerprint density at radius 2 is 1.77 bits per heavy atom. The summed E-state index contributed by atoms with van der Waals surface area (Å²) in [5.74, 6) is 0.996. The molecular formula is C25H30N2O4. The molecule has 2 fully saturated rings. The number of esters is 1. The van der Waals surface area contributed by atoms with Crippen molar-refractivity contribution in [3.05, 3.63) is 65.7 Å². The number of rotatable bonds is 6. The van der Waals surface area contributed by atoms with Crippen LogP contribution in [0.15, 0.2) is 54.6 Å². The van der Waals surface area contributed by atoms with Gasteiger partial charge in [-0.25, -0.2) is 0 Å². The molecule has 4 rings (SSSR count). The van der Waals surface area contributed by atoms with Crippen LogP contribution in [0.25, 0.3) is 0 Å². The largest absolute Gasteiger partial charge is 0.497 e. The molecule has 2 aromatic rings. The first kappa shape index (κ1) is 21.4. The predicted octanol–water partition coefficient (Wildman–Crippen LogP) is 3.07. The first-order valence-corrected chi connectivity index (χ1v) is 10.9. The monoisotopic (exact) mass is 422 g/mol. The number of benzene rings is 2. The van der Waals surface area contributed by atoms with Gasteiger partial charge in [0.1, 0.15) is 5.75 Å². The molecule has 2 aliphatic rings. The van der Waals surface area contributed by atoms with Crippen molar-refractivity contribution in [1.82, 2.24) is 9.80 Å². The zero-order valence-electron chi connectivity index (χ0n) is 18.2. The minimum atomic E-state index is -0.422. The predicted molar refractivity (Wildman–Crippen MR) is 118 cm³/mol. The maximum Gasteiger partial charge on any atom is 0.303 e. The van der Waals surface area contributed by atoms with Crippen LogP contribution >= 0.6 is 0 Å². The highest BCUT2D eigenvalue weighted by Gasteiger charge is 2.45. The Labute approximate surface area is 183 Å². The summed E-state index contributed by atoms with van der Waals surface area (Å²) in [6, 6.07) is 19.3. The van der Waals surface area contributed by atoms with Crippen molar-refractivity contribution in [2.75, 3.05) is 33.4 Å². The summed E-state index contributed by atoms with van der Waals surface area (Å²) in [5, 5.41) is 0. The number of hydrogen-bond acceptors (Lipinski definition) is 5. The van der Waals surface area contributed by atoms with E-state index in [0.29, 0.717) is 31.0 Å². The highest BCUT2D eigenvalue weighted by atomic mass is 16.5. The average Bonchev–Trinajstić information content (AvgIpc) is 3.15. The van der Waals surface area contributed by atoms with Gasteiger partial charge in [0.05, 0.1) is 7.11 Å². The molecular weight excluding hydrogens is 392 g/mol. The lowest BCUT2D eigenvalue weighted by Crippen LogP contribution is -2.49. The number of likely N-dealkylation sites (tertiary alicyclic amines) is 2. The number of hydrogen-bond donors (Lipinski definition) is 0. The van der Waals surface area contributed by atoms with Crippen molar-refractivity contribution >= 4 is 11.9 Å². The summed E-state index contributed by atoms with van der Waals surface area (Å²) in [5.41, 5.74) is 2.59. The van der Waals surface area contributed by atoms with Crippen LogP contribution in [0, 0.1) is 5.92 Å². The van der Waals surface area contributed by atoms with Crippen molar-refractivity contribution in [1.29, 1.82) is 0 Å². The van der Waals surface area contributed by atoms with Gasteiger partial charge in [0.15, 0.2) is 6.61 Å². The first-order chi connectivity index (χ1) is 15.0. The fourth-order valence-corrected chi connectivity index (χ4v) is 5.03. The Morgan fingerprint density at radius 3 is 2.45 bits per heavy atom. The second kappa shape index (κ2) is 9.52. The molecule has 2 heterocycles. The molecule has 0 spiro atoms. The van der Waals surface area contributed by atoms with Crippen LogP contribution in [0.1, 0.15) is 30.4 Å². The number of fused-ring (bicyclic) bond motifs is 1. The highest BCUT2D eigenvalue weighted by Crippen LogP contribution is 2.42. The number of amides is 1. The first-order valence-electron chi connectivity index (χ1n) is 10.9. The number of carbonyl (C=O) groups is 2. The molecule has 2 aromatic carbocycles. The summed E-state index contributed by atoms with van der Waals surface area (Å²) >= 11 is 0. The number of methoxy groups -OCH3 is 1. The van der Waals surface area contributed by atoms with E-state index in [1.165, 1.54) is 18.1 Å². The molecule has 31 heavy (non-hydrogen) atoms. The molecule has 1 amide bonds. The van der Waals surface area contributed by atoms with Crippen LogP contribution in [0.2, 0.25) is 0 Å². The summed E-state index contributed by atoms with van der Waals surface area (Å²) in [6.07, 6.45) is 0.927. The van der Waals surface area contributed by atoms with Crippen molar-refractivity contribution in [2.24, 2.45) is 5.92 Å². The van der Waals surface area contributed by atoms with Gasteiger partial charge in [-0.3, -0.25) is 14.5 Å². The van der Waals surface area contributed by atoms with Gasteiger partial charge < -0.3 is 14.4 Å². The average molecular weight is 423 g/mol. The molecule has 6 nitrogen and oxygen atoms in total. The minimum absolute atomic E-state index is 0.108. The standard InChI is InChI=1S/C25H30N2O4/c1-18(28)31-17-25(29)26-13-12-24-23(16-26)22(20-8-10-21(30-2)11-9-20)15-27(24)14-19-6-4-3-5-7-19/h3-11,22-24H,12-17H2,1-2H3/t22-,23-,24-/m1/s1. The molecule has 2 aliphatic heterocycles. The van der Waals surface area contributed by atoms with E-state index in [1.807, 2.05) is 23.1 Å². The second-order valence-corrected chi connectivity index (χ2v) is 8.43. The van der Waals surface area contributed by atoms with E-state index in [-0.39, 0.29) is 12.5 Å². The molecule has 0 radical (unpaired) electrons. The molecule has 3 atom stereocenters. The van der Waals surface area contributed by atoms with E-state index >= 15 is 0 Å². The van der Waals surface area contributed by atoms with Gasteiger partial charge in [-0.2, -0.15) is 0 Å². The lowest BCUT2D eigenvalue weighted by Gasteiger charge is -2.39. The molecule has 0 unspecified atom stereocenters. The number of carbonyl (C=O) groups excluding carboxylic acids is 2. The number of piperidine rings is 1.